The molecule has 0 aliphatic carbocycles. The second-order valence-corrected chi connectivity index (χ2v) is 7.64. The van der Waals surface area contributed by atoms with Gasteiger partial charge in [0.15, 0.2) is 5.69 Å². The van der Waals surface area contributed by atoms with Gasteiger partial charge in [0.2, 0.25) is 0 Å². The molecule has 0 radical (unpaired) electrons. The Labute approximate surface area is 161 Å². The third-order valence-corrected chi connectivity index (χ3v) is 5.46. The van der Waals surface area contributed by atoms with Gasteiger partial charge < -0.3 is 14.7 Å². The SMILES string of the molecule is Cc1cc(C)n(Cc2c(C(=O)NCCCN3CCCCC3C)noc2C)n1. The molecule has 1 aliphatic heterocycles. The van der Waals surface area contributed by atoms with E-state index in [2.05, 4.69) is 27.4 Å². The molecule has 1 amide bonds. The topological polar surface area (TPSA) is 76.2 Å². The Balaban J connectivity index is 1.55. The van der Waals surface area contributed by atoms with Gasteiger partial charge in [0.05, 0.1) is 12.2 Å². The fraction of sp³-hybridized carbons (Fsp3) is 0.650. The molecule has 0 aromatic carbocycles. The van der Waals surface area contributed by atoms with Gasteiger partial charge in [-0.25, -0.2) is 0 Å². The van der Waals surface area contributed by atoms with Crippen LogP contribution in [0.2, 0.25) is 0 Å². The number of hydrogen-bond acceptors (Lipinski definition) is 5. The molecule has 3 rings (SSSR count). The highest BCUT2D eigenvalue weighted by Crippen LogP contribution is 2.17. The van der Waals surface area contributed by atoms with Crippen LogP contribution in [0.15, 0.2) is 10.6 Å². The van der Waals surface area contributed by atoms with Crippen molar-refractivity contribution in [1.29, 1.82) is 0 Å². The Kier molecular flexibility index (Phi) is 6.31. The van der Waals surface area contributed by atoms with Crippen molar-refractivity contribution in [3.05, 3.63) is 34.5 Å². The number of likely N-dealkylation sites (tertiary alicyclic amines) is 1. The molecule has 1 unspecified atom stereocenters. The van der Waals surface area contributed by atoms with Crippen LogP contribution in [0.1, 0.15) is 65.8 Å². The van der Waals surface area contributed by atoms with Crippen LogP contribution in [0.4, 0.5) is 0 Å². The molecule has 2 aromatic heterocycles. The number of aryl methyl sites for hydroxylation is 3. The lowest BCUT2D eigenvalue weighted by atomic mass is 10.0. The van der Waals surface area contributed by atoms with Gasteiger partial charge in [0.25, 0.3) is 5.91 Å². The monoisotopic (exact) mass is 373 g/mol. The normalized spacial score (nSPS) is 18.0. The Morgan fingerprint density at radius 3 is 2.85 bits per heavy atom. The summed E-state index contributed by atoms with van der Waals surface area (Å²) in [5.74, 6) is 0.491. The van der Waals surface area contributed by atoms with E-state index in [1.807, 2.05) is 31.5 Å². The molecular weight excluding hydrogens is 342 g/mol. The zero-order chi connectivity index (χ0) is 19.4. The van der Waals surface area contributed by atoms with Crippen LogP contribution in [-0.4, -0.2) is 51.4 Å². The lowest BCUT2D eigenvalue weighted by Gasteiger charge is -2.33. The number of amides is 1. The number of rotatable bonds is 7. The first-order valence-electron chi connectivity index (χ1n) is 9.94. The summed E-state index contributed by atoms with van der Waals surface area (Å²) in [4.78, 5) is 15.1. The molecule has 7 nitrogen and oxygen atoms in total. The van der Waals surface area contributed by atoms with Gasteiger partial charge in [-0.1, -0.05) is 11.6 Å². The van der Waals surface area contributed by atoms with E-state index < -0.39 is 0 Å². The summed E-state index contributed by atoms with van der Waals surface area (Å²) in [6, 6.07) is 2.67. The highest BCUT2D eigenvalue weighted by atomic mass is 16.5. The fourth-order valence-corrected chi connectivity index (χ4v) is 3.80. The van der Waals surface area contributed by atoms with Crippen LogP contribution in [-0.2, 0) is 6.54 Å². The second-order valence-electron chi connectivity index (χ2n) is 7.64. The summed E-state index contributed by atoms with van der Waals surface area (Å²) in [7, 11) is 0. The van der Waals surface area contributed by atoms with Crippen LogP contribution in [0.3, 0.4) is 0 Å². The molecule has 1 saturated heterocycles. The van der Waals surface area contributed by atoms with Gasteiger partial charge in [0.1, 0.15) is 5.76 Å². The fourth-order valence-electron chi connectivity index (χ4n) is 3.80. The van der Waals surface area contributed by atoms with Crippen molar-refractivity contribution in [1.82, 2.24) is 25.2 Å². The van der Waals surface area contributed by atoms with Crippen LogP contribution in [0.5, 0.6) is 0 Å². The van der Waals surface area contributed by atoms with E-state index in [1.165, 1.54) is 25.8 Å². The van der Waals surface area contributed by atoms with Gasteiger partial charge in [-0.3, -0.25) is 9.48 Å². The van der Waals surface area contributed by atoms with Gasteiger partial charge in [0, 0.05) is 30.4 Å². The maximum absolute atomic E-state index is 12.6. The zero-order valence-corrected chi connectivity index (χ0v) is 16.9. The minimum Gasteiger partial charge on any atom is -0.361 e. The van der Waals surface area contributed by atoms with Crippen molar-refractivity contribution in [2.45, 2.75) is 66.0 Å². The lowest BCUT2D eigenvalue weighted by molar-refractivity contribution is 0.0939. The number of aromatic nitrogens is 3. The molecule has 1 aliphatic rings. The van der Waals surface area contributed by atoms with E-state index in [4.69, 9.17) is 4.52 Å². The number of carbonyl (C=O) groups excluding carboxylic acids is 1. The average molecular weight is 374 g/mol. The van der Waals surface area contributed by atoms with Gasteiger partial charge >= 0.3 is 0 Å². The number of hydrogen-bond donors (Lipinski definition) is 1. The average Bonchev–Trinajstić information content (AvgIpc) is 3.15. The maximum Gasteiger partial charge on any atom is 0.273 e. The standard InChI is InChI=1S/C20H31N5O2/c1-14-12-16(3)25(22-14)13-18-17(4)27-23-19(18)20(26)21-9-7-11-24-10-6-5-8-15(24)2/h12,15H,5-11,13H2,1-4H3,(H,21,26). The highest BCUT2D eigenvalue weighted by Gasteiger charge is 2.21. The maximum atomic E-state index is 12.6. The largest absolute Gasteiger partial charge is 0.361 e. The third kappa shape index (κ3) is 4.77. The Bertz CT molecular complexity index is 779. The molecule has 3 heterocycles. The van der Waals surface area contributed by atoms with Crippen LogP contribution in [0, 0.1) is 20.8 Å². The summed E-state index contributed by atoms with van der Waals surface area (Å²) in [5, 5.41) is 11.5. The molecule has 0 spiro atoms. The number of nitrogens with one attached hydrogen (secondary N) is 1. The minimum absolute atomic E-state index is 0.171. The summed E-state index contributed by atoms with van der Waals surface area (Å²) < 4.78 is 7.17. The Morgan fingerprint density at radius 1 is 1.33 bits per heavy atom. The smallest absolute Gasteiger partial charge is 0.273 e. The Hall–Kier alpha value is -2.15. The number of piperidine rings is 1. The first-order valence-corrected chi connectivity index (χ1v) is 9.94. The van der Waals surface area contributed by atoms with Crippen LogP contribution in [0.25, 0.3) is 0 Å². The van der Waals surface area contributed by atoms with Crippen LogP contribution < -0.4 is 5.32 Å². The first kappa shape index (κ1) is 19.6. The van der Waals surface area contributed by atoms with Crippen molar-refractivity contribution in [2.75, 3.05) is 19.6 Å². The van der Waals surface area contributed by atoms with Crippen molar-refractivity contribution in [3.63, 3.8) is 0 Å². The predicted octanol–water partition coefficient (Wildman–Crippen LogP) is 2.84. The molecule has 1 atom stereocenters. The molecule has 148 valence electrons. The molecule has 7 heteroatoms. The van der Waals surface area contributed by atoms with Crippen molar-refractivity contribution in [2.24, 2.45) is 0 Å². The number of nitrogens with zero attached hydrogens (tertiary/aromatic N) is 4. The summed E-state index contributed by atoms with van der Waals surface area (Å²) in [6.07, 6.45) is 4.84. The van der Waals surface area contributed by atoms with Gasteiger partial charge in [-0.15, -0.1) is 0 Å². The highest BCUT2D eigenvalue weighted by molar-refractivity contribution is 5.93. The van der Waals surface area contributed by atoms with E-state index in [0.717, 1.165) is 29.9 Å². The summed E-state index contributed by atoms with van der Waals surface area (Å²) in [6.45, 7) is 11.4. The Morgan fingerprint density at radius 2 is 2.15 bits per heavy atom. The molecule has 27 heavy (non-hydrogen) atoms. The first-order chi connectivity index (χ1) is 13.0. The van der Waals surface area contributed by atoms with E-state index in [1.54, 1.807) is 0 Å². The quantitative estimate of drug-likeness (QED) is 0.755. The summed E-state index contributed by atoms with van der Waals surface area (Å²) >= 11 is 0. The van der Waals surface area contributed by atoms with Crippen molar-refractivity contribution < 1.29 is 9.32 Å². The molecule has 0 bridgehead atoms. The molecule has 0 saturated carbocycles. The number of carbonyl (C=O) groups is 1. The molecular formula is C20H31N5O2. The van der Waals surface area contributed by atoms with E-state index >= 15 is 0 Å². The molecule has 2 aromatic rings. The molecule has 1 N–H and O–H groups in total. The predicted molar refractivity (Wildman–Crippen MR) is 104 cm³/mol. The van der Waals surface area contributed by atoms with Crippen molar-refractivity contribution in [3.8, 4) is 0 Å². The minimum atomic E-state index is -0.171. The van der Waals surface area contributed by atoms with Crippen molar-refractivity contribution >= 4 is 5.91 Å². The third-order valence-electron chi connectivity index (χ3n) is 5.46. The van der Waals surface area contributed by atoms with E-state index in [0.29, 0.717) is 30.6 Å². The van der Waals surface area contributed by atoms with Gasteiger partial charge in [-0.2, -0.15) is 5.10 Å². The summed E-state index contributed by atoms with van der Waals surface area (Å²) in [5.41, 5.74) is 3.17. The van der Waals surface area contributed by atoms with E-state index in [9.17, 15) is 4.79 Å². The second kappa shape index (κ2) is 8.69. The van der Waals surface area contributed by atoms with Crippen LogP contribution >= 0.6 is 0 Å². The van der Waals surface area contributed by atoms with E-state index in [-0.39, 0.29) is 5.91 Å². The molecule has 1 fully saturated rings. The zero-order valence-electron chi connectivity index (χ0n) is 16.9. The lowest BCUT2D eigenvalue weighted by Crippen LogP contribution is -2.39. The van der Waals surface area contributed by atoms with Gasteiger partial charge in [-0.05, 0) is 59.6 Å².